The van der Waals surface area contributed by atoms with Crippen LogP contribution < -0.4 is 11.1 Å². The molecule has 0 aromatic carbocycles. The summed E-state index contributed by atoms with van der Waals surface area (Å²) < 4.78 is 0. The second-order valence-corrected chi connectivity index (χ2v) is 5.09. The minimum Gasteiger partial charge on any atom is -0.368 e. The first kappa shape index (κ1) is 15.9. The molecule has 2 amide bonds. The van der Waals surface area contributed by atoms with Crippen LogP contribution in [-0.2, 0) is 9.59 Å². The minimum absolute atomic E-state index is 0.0878. The van der Waals surface area contributed by atoms with Gasteiger partial charge >= 0.3 is 0 Å². The molecule has 19 heavy (non-hydrogen) atoms. The molecule has 0 radical (unpaired) electrons. The summed E-state index contributed by atoms with van der Waals surface area (Å²) in [7, 11) is 0. The van der Waals surface area contributed by atoms with E-state index in [-0.39, 0.29) is 17.9 Å². The summed E-state index contributed by atoms with van der Waals surface area (Å²) in [6.07, 6.45) is 2.11. The first-order valence-electron chi connectivity index (χ1n) is 7.07. The molecule has 0 aliphatic carbocycles. The van der Waals surface area contributed by atoms with E-state index in [1.165, 1.54) is 0 Å². The lowest BCUT2D eigenvalue weighted by Gasteiger charge is -2.36. The molecule has 1 fully saturated rings. The Labute approximate surface area is 115 Å². The third kappa shape index (κ3) is 5.57. The van der Waals surface area contributed by atoms with Gasteiger partial charge in [-0.1, -0.05) is 13.3 Å². The maximum Gasteiger partial charge on any atom is 0.234 e. The van der Waals surface area contributed by atoms with Gasteiger partial charge in [-0.15, -0.1) is 0 Å². The molecule has 0 spiro atoms. The van der Waals surface area contributed by atoms with E-state index in [9.17, 15) is 9.59 Å². The van der Waals surface area contributed by atoms with Gasteiger partial charge in [0.05, 0.1) is 12.6 Å². The van der Waals surface area contributed by atoms with Crippen LogP contribution in [0.25, 0.3) is 0 Å². The highest BCUT2D eigenvalue weighted by Crippen LogP contribution is 2.05. The standard InChI is InChI=1S/C13H26N4O2/c1-3-4-5-15-12(18)10-16-6-8-17(9-7-16)11(2)13(14)19/h11H,3-10H2,1-2H3,(H2,14,19)(H,15,18)/t11-/m0/s1. The van der Waals surface area contributed by atoms with Gasteiger partial charge in [0.1, 0.15) is 0 Å². The van der Waals surface area contributed by atoms with E-state index in [1.54, 1.807) is 0 Å². The number of carbonyl (C=O) groups is 2. The molecule has 0 bridgehead atoms. The number of amides is 2. The number of nitrogens with zero attached hydrogens (tertiary/aromatic N) is 2. The van der Waals surface area contributed by atoms with Crippen molar-refractivity contribution in [3.05, 3.63) is 0 Å². The molecule has 0 aromatic heterocycles. The molecule has 6 heteroatoms. The molecule has 1 rings (SSSR count). The van der Waals surface area contributed by atoms with Crippen LogP contribution >= 0.6 is 0 Å². The third-order valence-electron chi connectivity index (χ3n) is 3.59. The molecule has 1 aliphatic heterocycles. The largest absolute Gasteiger partial charge is 0.368 e. The maximum atomic E-state index is 11.7. The van der Waals surface area contributed by atoms with Crippen LogP contribution in [0.1, 0.15) is 26.7 Å². The smallest absolute Gasteiger partial charge is 0.234 e. The van der Waals surface area contributed by atoms with Gasteiger partial charge in [-0.25, -0.2) is 0 Å². The predicted molar refractivity (Wildman–Crippen MR) is 74.6 cm³/mol. The van der Waals surface area contributed by atoms with Crippen molar-refractivity contribution in [3.8, 4) is 0 Å². The fourth-order valence-corrected chi connectivity index (χ4v) is 2.15. The Kier molecular flexibility index (Phi) is 6.80. The Hall–Kier alpha value is -1.14. The van der Waals surface area contributed by atoms with Gasteiger partial charge < -0.3 is 11.1 Å². The van der Waals surface area contributed by atoms with Gasteiger partial charge in [0.25, 0.3) is 0 Å². The number of unbranched alkanes of at least 4 members (excludes halogenated alkanes) is 1. The van der Waals surface area contributed by atoms with E-state index < -0.39 is 0 Å². The molecule has 0 saturated carbocycles. The van der Waals surface area contributed by atoms with Gasteiger partial charge in [-0.2, -0.15) is 0 Å². The molecule has 110 valence electrons. The number of primary amides is 1. The average molecular weight is 270 g/mol. The van der Waals surface area contributed by atoms with E-state index >= 15 is 0 Å². The van der Waals surface area contributed by atoms with Crippen LogP contribution in [0, 0.1) is 0 Å². The van der Waals surface area contributed by atoms with E-state index in [4.69, 9.17) is 5.73 Å². The Morgan fingerprint density at radius 2 is 1.89 bits per heavy atom. The van der Waals surface area contributed by atoms with Crippen molar-refractivity contribution in [3.63, 3.8) is 0 Å². The summed E-state index contributed by atoms with van der Waals surface area (Å²) in [6, 6.07) is -0.222. The van der Waals surface area contributed by atoms with Gasteiger partial charge in [0.15, 0.2) is 0 Å². The lowest BCUT2D eigenvalue weighted by molar-refractivity contribution is -0.125. The molecule has 1 heterocycles. The van der Waals surface area contributed by atoms with Crippen molar-refractivity contribution < 1.29 is 9.59 Å². The molecule has 0 aromatic rings. The van der Waals surface area contributed by atoms with E-state index in [0.29, 0.717) is 6.54 Å². The predicted octanol–water partition coefficient (Wildman–Crippen LogP) is -0.606. The Bertz CT molecular complexity index is 301. The fourth-order valence-electron chi connectivity index (χ4n) is 2.15. The number of hydrogen-bond acceptors (Lipinski definition) is 4. The molecule has 1 saturated heterocycles. The van der Waals surface area contributed by atoms with Gasteiger partial charge in [-0.05, 0) is 13.3 Å². The van der Waals surface area contributed by atoms with Crippen LogP contribution in [0.3, 0.4) is 0 Å². The van der Waals surface area contributed by atoms with Crippen LogP contribution in [0.2, 0.25) is 0 Å². The van der Waals surface area contributed by atoms with Gasteiger partial charge in [0, 0.05) is 32.7 Å². The highest BCUT2D eigenvalue weighted by atomic mass is 16.2. The average Bonchev–Trinajstić information content (AvgIpc) is 2.39. The molecule has 1 aliphatic rings. The zero-order chi connectivity index (χ0) is 14.3. The number of rotatable bonds is 7. The summed E-state index contributed by atoms with van der Waals surface area (Å²) in [6.45, 7) is 8.31. The Balaban J connectivity index is 2.22. The topological polar surface area (TPSA) is 78.7 Å². The van der Waals surface area contributed by atoms with Crippen molar-refractivity contribution in [1.29, 1.82) is 0 Å². The van der Waals surface area contributed by atoms with Crippen molar-refractivity contribution in [2.75, 3.05) is 39.3 Å². The van der Waals surface area contributed by atoms with E-state index in [1.807, 2.05) is 6.92 Å². The fraction of sp³-hybridized carbons (Fsp3) is 0.846. The Morgan fingerprint density at radius 1 is 1.26 bits per heavy atom. The second kappa shape index (κ2) is 8.12. The van der Waals surface area contributed by atoms with Crippen molar-refractivity contribution in [2.45, 2.75) is 32.7 Å². The van der Waals surface area contributed by atoms with Crippen LogP contribution in [-0.4, -0.2) is 66.9 Å². The third-order valence-corrected chi connectivity index (χ3v) is 3.59. The van der Waals surface area contributed by atoms with Crippen molar-refractivity contribution in [1.82, 2.24) is 15.1 Å². The van der Waals surface area contributed by atoms with Crippen LogP contribution in [0.15, 0.2) is 0 Å². The lowest BCUT2D eigenvalue weighted by Crippen LogP contribution is -2.54. The number of nitrogens with two attached hydrogens (primary N) is 1. The summed E-state index contributed by atoms with van der Waals surface area (Å²) in [5, 5.41) is 2.91. The molecular formula is C13H26N4O2. The summed E-state index contributed by atoms with van der Waals surface area (Å²) in [5.41, 5.74) is 5.29. The molecule has 0 unspecified atom stereocenters. The minimum atomic E-state index is -0.286. The maximum absolute atomic E-state index is 11.7. The van der Waals surface area contributed by atoms with Gasteiger partial charge in [-0.3, -0.25) is 19.4 Å². The zero-order valence-corrected chi connectivity index (χ0v) is 12.0. The first-order valence-corrected chi connectivity index (χ1v) is 7.07. The first-order chi connectivity index (χ1) is 9.04. The van der Waals surface area contributed by atoms with Crippen molar-refractivity contribution >= 4 is 11.8 Å². The van der Waals surface area contributed by atoms with Crippen LogP contribution in [0.5, 0.6) is 0 Å². The monoisotopic (exact) mass is 270 g/mol. The number of piperazine rings is 1. The molecule has 1 atom stereocenters. The Morgan fingerprint density at radius 3 is 2.42 bits per heavy atom. The molecule has 6 nitrogen and oxygen atoms in total. The summed E-state index contributed by atoms with van der Waals surface area (Å²) in [4.78, 5) is 27.0. The zero-order valence-electron chi connectivity index (χ0n) is 12.0. The quantitative estimate of drug-likeness (QED) is 0.605. The lowest BCUT2D eigenvalue weighted by atomic mass is 10.2. The molecule has 3 N–H and O–H groups in total. The van der Waals surface area contributed by atoms with Gasteiger partial charge in [0.2, 0.25) is 11.8 Å². The summed E-state index contributed by atoms with van der Waals surface area (Å²) in [5.74, 6) is -0.199. The highest BCUT2D eigenvalue weighted by Gasteiger charge is 2.24. The SMILES string of the molecule is CCCCNC(=O)CN1CCN([C@@H](C)C(N)=O)CC1. The highest BCUT2D eigenvalue weighted by molar-refractivity contribution is 5.79. The second-order valence-electron chi connectivity index (χ2n) is 5.09. The van der Waals surface area contributed by atoms with E-state index in [2.05, 4.69) is 22.0 Å². The normalized spacial score (nSPS) is 19.1. The number of nitrogens with one attached hydrogen (secondary N) is 1. The number of hydrogen-bond donors (Lipinski definition) is 2. The number of carbonyl (C=O) groups excluding carboxylic acids is 2. The molecular weight excluding hydrogens is 244 g/mol. The van der Waals surface area contributed by atoms with Crippen LogP contribution in [0.4, 0.5) is 0 Å². The van der Waals surface area contributed by atoms with Crippen molar-refractivity contribution in [2.24, 2.45) is 5.73 Å². The van der Waals surface area contributed by atoms with E-state index in [0.717, 1.165) is 45.6 Å². The summed E-state index contributed by atoms with van der Waals surface area (Å²) >= 11 is 0.